The first-order valence-corrected chi connectivity index (χ1v) is 5.40. The van der Waals surface area contributed by atoms with Gasteiger partial charge in [0.2, 0.25) is 0 Å². The summed E-state index contributed by atoms with van der Waals surface area (Å²) in [5, 5.41) is 8.87. The number of carboxylic acids is 1. The lowest BCUT2D eigenvalue weighted by molar-refractivity contribution is 0.00904. The van der Waals surface area contributed by atoms with Crippen molar-refractivity contribution in [3.63, 3.8) is 0 Å². The van der Waals surface area contributed by atoms with Crippen LogP contribution in [-0.4, -0.2) is 24.5 Å². The highest BCUT2D eigenvalue weighted by Crippen LogP contribution is 2.28. The molecule has 0 atom stereocenters. The summed E-state index contributed by atoms with van der Waals surface area (Å²) in [7, 11) is 0. The minimum absolute atomic E-state index is 0.00621. The Labute approximate surface area is 98.0 Å². The number of aromatic carboxylic acids is 1. The molecule has 1 aliphatic rings. The van der Waals surface area contributed by atoms with Crippen molar-refractivity contribution < 1.29 is 23.8 Å². The highest BCUT2D eigenvalue weighted by atomic mass is 19.1. The zero-order chi connectivity index (χ0) is 12.3. The molecule has 1 N–H and O–H groups in total. The number of benzene rings is 1. The molecule has 2 rings (SSSR count). The van der Waals surface area contributed by atoms with E-state index in [4.69, 9.17) is 14.6 Å². The van der Waals surface area contributed by atoms with E-state index in [9.17, 15) is 9.18 Å². The van der Waals surface area contributed by atoms with Gasteiger partial charge in [-0.05, 0) is 30.9 Å². The average Bonchev–Trinajstić information content (AvgIpc) is 3.08. The van der Waals surface area contributed by atoms with E-state index in [1.54, 1.807) is 0 Å². The maximum atomic E-state index is 12.9. The molecule has 4 nitrogen and oxygen atoms in total. The quantitative estimate of drug-likeness (QED) is 0.612. The van der Waals surface area contributed by atoms with Crippen LogP contribution in [0.3, 0.4) is 0 Å². The van der Waals surface area contributed by atoms with Gasteiger partial charge in [0.1, 0.15) is 17.1 Å². The van der Waals surface area contributed by atoms with Gasteiger partial charge in [-0.25, -0.2) is 9.18 Å². The summed E-state index contributed by atoms with van der Waals surface area (Å²) >= 11 is 0. The Morgan fingerprint density at radius 2 is 2.24 bits per heavy atom. The number of hydrogen-bond acceptors (Lipinski definition) is 3. The predicted octanol–water partition coefficient (Wildman–Crippen LogP) is 2.29. The molecule has 0 heterocycles. The Hall–Kier alpha value is -1.62. The summed E-state index contributed by atoms with van der Waals surface area (Å²) in [4.78, 5) is 10.8. The van der Waals surface area contributed by atoms with Crippen molar-refractivity contribution in [2.45, 2.75) is 12.8 Å². The van der Waals surface area contributed by atoms with Gasteiger partial charge in [-0.15, -0.1) is 0 Å². The normalized spacial score (nSPS) is 14.6. The lowest BCUT2D eigenvalue weighted by Crippen LogP contribution is -2.08. The van der Waals surface area contributed by atoms with E-state index in [1.165, 1.54) is 18.9 Å². The first-order valence-electron chi connectivity index (χ1n) is 5.40. The third-order valence-electron chi connectivity index (χ3n) is 2.52. The van der Waals surface area contributed by atoms with Gasteiger partial charge in [-0.2, -0.15) is 0 Å². The molecular weight excluding hydrogens is 227 g/mol. The van der Waals surface area contributed by atoms with Crippen molar-refractivity contribution in [3.05, 3.63) is 29.6 Å². The zero-order valence-corrected chi connectivity index (χ0v) is 9.19. The Kier molecular flexibility index (Phi) is 3.58. The molecule has 1 aliphatic carbocycles. The van der Waals surface area contributed by atoms with Crippen LogP contribution < -0.4 is 4.74 Å². The molecule has 0 radical (unpaired) electrons. The van der Waals surface area contributed by atoms with E-state index in [2.05, 4.69) is 0 Å². The van der Waals surface area contributed by atoms with Crippen molar-refractivity contribution in [1.82, 2.24) is 0 Å². The third-order valence-corrected chi connectivity index (χ3v) is 2.52. The van der Waals surface area contributed by atoms with Crippen molar-refractivity contribution in [2.75, 3.05) is 13.4 Å². The number of carboxylic acid groups (broad SMARTS) is 1. The van der Waals surface area contributed by atoms with Gasteiger partial charge in [0.15, 0.2) is 6.79 Å². The molecule has 0 aromatic heterocycles. The maximum Gasteiger partial charge on any atom is 0.339 e. The summed E-state index contributed by atoms with van der Waals surface area (Å²) in [6.07, 6.45) is 2.33. The van der Waals surface area contributed by atoms with Crippen LogP contribution in [0.25, 0.3) is 0 Å². The molecule has 5 heteroatoms. The fourth-order valence-electron chi connectivity index (χ4n) is 1.40. The molecule has 1 aromatic rings. The van der Waals surface area contributed by atoms with E-state index in [0.717, 1.165) is 12.1 Å². The Bertz CT molecular complexity index is 415. The SMILES string of the molecule is O=C(O)c1ccc(F)cc1OCOCC1CC1. The van der Waals surface area contributed by atoms with Crippen LogP contribution >= 0.6 is 0 Å². The van der Waals surface area contributed by atoms with Gasteiger partial charge >= 0.3 is 5.97 Å². The second kappa shape index (κ2) is 5.14. The van der Waals surface area contributed by atoms with Crippen LogP contribution in [-0.2, 0) is 4.74 Å². The predicted molar refractivity (Wildman–Crippen MR) is 57.5 cm³/mol. The van der Waals surface area contributed by atoms with Gasteiger partial charge in [0.05, 0.1) is 6.61 Å². The first-order chi connectivity index (χ1) is 8.16. The van der Waals surface area contributed by atoms with Gasteiger partial charge in [-0.3, -0.25) is 0 Å². The van der Waals surface area contributed by atoms with Crippen LogP contribution in [0, 0.1) is 11.7 Å². The molecule has 0 saturated heterocycles. The van der Waals surface area contributed by atoms with E-state index in [-0.39, 0.29) is 18.1 Å². The van der Waals surface area contributed by atoms with E-state index >= 15 is 0 Å². The van der Waals surface area contributed by atoms with Gasteiger partial charge < -0.3 is 14.6 Å². The number of halogens is 1. The number of ether oxygens (including phenoxy) is 2. The average molecular weight is 240 g/mol. The van der Waals surface area contributed by atoms with Crippen LogP contribution in [0.4, 0.5) is 4.39 Å². The van der Waals surface area contributed by atoms with Crippen LogP contribution in [0.2, 0.25) is 0 Å². The van der Waals surface area contributed by atoms with Gasteiger partial charge in [0, 0.05) is 6.07 Å². The molecule has 0 bridgehead atoms. The number of hydrogen-bond donors (Lipinski definition) is 1. The summed E-state index contributed by atoms with van der Waals surface area (Å²) < 4.78 is 23.3. The Morgan fingerprint density at radius 1 is 1.47 bits per heavy atom. The maximum absolute atomic E-state index is 12.9. The monoisotopic (exact) mass is 240 g/mol. The second-order valence-electron chi connectivity index (χ2n) is 4.02. The highest BCUT2D eigenvalue weighted by Gasteiger charge is 2.21. The largest absolute Gasteiger partial charge is 0.478 e. The molecule has 0 aliphatic heterocycles. The van der Waals surface area contributed by atoms with Crippen molar-refractivity contribution in [3.8, 4) is 5.75 Å². The topological polar surface area (TPSA) is 55.8 Å². The summed E-state index contributed by atoms with van der Waals surface area (Å²) in [6, 6.07) is 3.30. The van der Waals surface area contributed by atoms with Crippen LogP contribution in [0.15, 0.2) is 18.2 Å². The molecule has 1 saturated carbocycles. The standard InChI is InChI=1S/C12H13FO4/c13-9-3-4-10(12(14)15)11(5-9)17-7-16-6-8-1-2-8/h3-5,8H,1-2,6-7H2,(H,14,15). The van der Waals surface area contributed by atoms with Crippen molar-refractivity contribution in [2.24, 2.45) is 5.92 Å². The zero-order valence-electron chi connectivity index (χ0n) is 9.19. The lowest BCUT2D eigenvalue weighted by atomic mass is 10.2. The van der Waals surface area contributed by atoms with Crippen LogP contribution in [0.1, 0.15) is 23.2 Å². The molecule has 92 valence electrons. The summed E-state index contributed by atoms with van der Waals surface area (Å²) in [6.45, 7) is 0.554. The molecule has 0 unspecified atom stereocenters. The Morgan fingerprint density at radius 3 is 2.88 bits per heavy atom. The smallest absolute Gasteiger partial charge is 0.339 e. The molecule has 17 heavy (non-hydrogen) atoms. The highest BCUT2D eigenvalue weighted by molar-refractivity contribution is 5.90. The molecule has 0 spiro atoms. The molecule has 1 aromatic carbocycles. The van der Waals surface area contributed by atoms with Gasteiger partial charge in [0.25, 0.3) is 0 Å². The number of carbonyl (C=O) groups is 1. The van der Waals surface area contributed by atoms with E-state index in [1.807, 2.05) is 0 Å². The Balaban J connectivity index is 1.92. The minimum atomic E-state index is -1.15. The fourth-order valence-corrected chi connectivity index (χ4v) is 1.40. The van der Waals surface area contributed by atoms with E-state index in [0.29, 0.717) is 12.5 Å². The van der Waals surface area contributed by atoms with Crippen LogP contribution in [0.5, 0.6) is 5.75 Å². The fraction of sp³-hybridized carbons (Fsp3) is 0.417. The molecule has 1 fully saturated rings. The third kappa shape index (κ3) is 3.42. The van der Waals surface area contributed by atoms with Crippen molar-refractivity contribution >= 4 is 5.97 Å². The molecule has 0 amide bonds. The molecular formula is C12H13FO4. The van der Waals surface area contributed by atoms with Crippen molar-refractivity contribution in [1.29, 1.82) is 0 Å². The van der Waals surface area contributed by atoms with E-state index < -0.39 is 11.8 Å². The summed E-state index contributed by atoms with van der Waals surface area (Å²) in [5.41, 5.74) is -0.0681. The number of rotatable bonds is 6. The first kappa shape index (κ1) is 11.9. The second-order valence-corrected chi connectivity index (χ2v) is 4.02. The summed E-state index contributed by atoms with van der Waals surface area (Å²) in [5.74, 6) is -1.09. The van der Waals surface area contributed by atoms with Gasteiger partial charge in [-0.1, -0.05) is 0 Å². The minimum Gasteiger partial charge on any atom is -0.478 e. The lowest BCUT2D eigenvalue weighted by Gasteiger charge is -2.09.